The van der Waals surface area contributed by atoms with Crippen LogP contribution in [-0.4, -0.2) is 18.4 Å². The van der Waals surface area contributed by atoms with Crippen LogP contribution >= 0.6 is 0 Å². The fourth-order valence-corrected chi connectivity index (χ4v) is 3.14. The first-order valence-corrected chi connectivity index (χ1v) is 7.64. The van der Waals surface area contributed by atoms with Gasteiger partial charge in [-0.25, -0.2) is 18.1 Å². The molecule has 0 radical (unpaired) electrons. The van der Waals surface area contributed by atoms with Crippen LogP contribution in [0.1, 0.15) is 29.9 Å². The van der Waals surface area contributed by atoms with Crippen molar-refractivity contribution in [1.29, 1.82) is 5.26 Å². The molecule has 2 N–H and O–H groups in total. The van der Waals surface area contributed by atoms with Crippen molar-refractivity contribution in [2.24, 2.45) is 0 Å². The van der Waals surface area contributed by atoms with Crippen LogP contribution < -0.4 is 4.72 Å². The van der Waals surface area contributed by atoms with Gasteiger partial charge in [-0.05, 0) is 24.6 Å². The zero-order valence-corrected chi connectivity index (χ0v) is 11.7. The van der Waals surface area contributed by atoms with Gasteiger partial charge in [-0.1, -0.05) is 12.1 Å². The van der Waals surface area contributed by atoms with E-state index in [0.717, 1.165) is 0 Å². The van der Waals surface area contributed by atoms with E-state index in [1.54, 1.807) is 43.6 Å². The number of aromatic nitrogens is 2. The molecular weight excluding hydrogens is 276 g/mol. The highest BCUT2D eigenvalue weighted by Crippen LogP contribution is 2.11. The van der Waals surface area contributed by atoms with Gasteiger partial charge in [0.15, 0.2) is 0 Å². The zero-order chi connectivity index (χ0) is 14.6. The van der Waals surface area contributed by atoms with Gasteiger partial charge in [0.2, 0.25) is 10.0 Å². The molecule has 104 valence electrons. The molecule has 7 heteroatoms. The molecule has 20 heavy (non-hydrogen) atoms. The van der Waals surface area contributed by atoms with Crippen LogP contribution in [0.25, 0.3) is 0 Å². The third-order valence-electron chi connectivity index (χ3n) is 2.73. The lowest BCUT2D eigenvalue weighted by atomic mass is 10.2. The quantitative estimate of drug-likeness (QED) is 0.870. The summed E-state index contributed by atoms with van der Waals surface area (Å²) in [4.78, 5) is 6.88. The second kappa shape index (κ2) is 5.86. The monoisotopic (exact) mass is 290 g/mol. The Hall–Kier alpha value is -2.17. The molecule has 0 fully saturated rings. The van der Waals surface area contributed by atoms with Gasteiger partial charge in [0.05, 0.1) is 23.4 Å². The number of sulfonamides is 1. The van der Waals surface area contributed by atoms with Gasteiger partial charge in [-0.3, -0.25) is 0 Å². The predicted octanol–water partition coefficient (Wildman–Crippen LogP) is 1.46. The second-order valence-electron chi connectivity index (χ2n) is 4.38. The lowest BCUT2D eigenvalue weighted by Gasteiger charge is -2.12. The lowest BCUT2D eigenvalue weighted by Crippen LogP contribution is -2.28. The Morgan fingerprint density at radius 1 is 1.40 bits per heavy atom. The van der Waals surface area contributed by atoms with Gasteiger partial charge >= 0.3 is 0 Å². The van der Waals surface area contributed by atoms with Gasteiger partial charge in [0, 0.05) is 12.4 Å². The average Bonchev–Trinajstić information content (AvgIpc) is 2.92. The van der Waals surface area contributed by atoms with E-state index < -0.39 is 16.1 Å². The Kier molecular flexibility index (Phi) is 4.17. The SMILES string of the molecule is CC(NS(=O)(=O)Cc1ccc(C#N)cc1)c1ncc[nH]1. The van der Waals surface area contributed by atoms with Crippen LogP contribution in [0.3, 0.4) is 0 Å². The van der Waals surface area contributed by atoms with Gasteiger partial charge in [-0.15, -0.1) is 0 Å². The first kappa shape index (κ1) is 14.2. The van der Waals surface area contributed by atoms with Gasteiger partial charge in [-0.2, -0.15) is 5.26 Å². The number of nitrogens with one attached hydrogen (secondary N) is 2. The van der Waals surface area contributed by atoms with E-state index in [4.69, 9.17) is 5.26 Å². The van der Waals surface area contributed by atoms with Crippen molar-refractivity contribution in [2.75, 3.05) is 0 Å². The van der Waals surface area contributed by atoms with Crippen LogP contribution in [-0.2, 0) is 15.8 Å². The van der Waals surface area contributed by atoms with Gasteiger partial charge in [0.25, 0.3) is 0 Å². The molecule has 0 bridgehead atoms. The number of nitrogens with zero attached hydrogens (tertiary/aromatic N) is 2. The van der Waals surface area contributed by atoms with Gasteiger partial charge in [0.1, 0.15) is 5.82 Å². The fourth-order valence-electron chi connectivity index (χ4n) is 1.78. The Labute approximate surface area is 117 Å². The summed E-state index contributed by atoms with van der Waals surface area (Å²) in [5.41, 5.74) is 1.13. The number of hydrogen-bond donors (Lipinski definition) is 2. The van der Waals surface area contributed by atoms with Crippen LogP contribution in [0.2, 0.25) is 0 Å². The highest BCUT2D eigenvalue weighted by molar-refractivity contribution is 7.88. The number of nitriles is 1. The molecule has 1 unspecified atom stereocenters. The molecule has 0 amide bonds. The molecule has 1 atom stereocenters. The summed E-state index contributed by atoms with van der Waals surface area (Å²) in [5.74, 6) is 0.428. The molecule has 0 spiro atoms. The first-order chi connectivity index (χ1) is 9.50. The van der Waals surface area contributed by atoms with Gasteiger partial charge < -0.3 is 4.98 Å². The number of rotatable bonds is 5. The molecule has 1 aromatic heterocycles. The molecule has 2 aromatic rings. The van der Waals surface area contributed by atoms with Crippen molar-refractivity contribution >= 4 is 10.0 Å². The first-order valence-electron chi connectivity index (χ1n) is 5.98. The number of benzene rings is 1. The minimum atomic E-state index is -3.47. The van der Waals surface area contributed by atoms with E-state index in [9.17, 15) is 8.42 Å². The van der Waals surface area contributed by atoms with Crippen molar-refractivity contribution in [3.63, 3.8) is 0 Å². The standard InChI is InChI=1S/C13H14N4O2S/c1-10(13-15-6-7-16-13)17-20(18,19)9-12-4-2-11(8-14)3-5-12/h2-7,10,17H,9H2,1H3,(H,15,16). The molecule has 0 aliphatic carbocycles. The highest BCUT2D eigenvalue weighted by atomic mass is 32.2. The molecule has 6 nitrogen and oxygen atoms in total. The van der Waals surface area contributed by atoms with Crippen molar-refractivity contribution in [3.8, 4) is 6.07 Å². The van der Waals surface area contributed by atoms with E-state index in [0.29, 0.717) is 17.0 Å². The minimum absolute atomic E-state index is 0.135. The molecule has 2 rings (SSSR count). The summed E-state index contributed by atoms with van der Waals surface area (Å²) in [6.45, 7) is 1.72. The summed E-state index contributed by atoms with van der Waals surface area (Å²) in [6, 6.07) is 8.03. The topological polar surface area (TPSA) is 98.6 Å². The maximum atomic E-state index is 12.0. The Balaban J connectivity index is 2.05. The summed E-state index contributed by atoms with van der Waals surface area (Å²) < 4.78 is 26.6. The normalized spacial score (nSPS) is 12.8. The maximum Gasteiger partial charge on any atom is 0.216 e. The van der Waals surface area contributed by atoms with E-state index in [1.807, 2.05) is 6.07 Å². The van der Waals surface area contributed by atoms with E-state index in [1.165, 1.54) is 0 Å². The highest BCUT2D eigenvalue weighted by Gasteiger charge is 2.17. The summed E-state index contributed by atoms with van der Waals surface area (Å²) in [7, 11) is -3.47. The van der Waals surface area contributed by atoms with Crippen molar-refractivity contribution in [1.82, 2.24) is 14.7 Å². The van der Waals surface area contributed by atoms with Crippen LogP contribution in [0.5, 0.6) is 0 Å². The van der Waals surface area contributed by atoms with Crippen molar-refractivity contribution in [3.05, 3.63) is 53.6 Å². The summed E-state index contributed by atoms with van der Waals surface area (Å²) >= 11 is 0. The van der Waals surface area contributed by atoms with E-state index in [-0.39, 0.29) is 5.75 Å². The molecule has 1 aromatic carbocycles. The maximum absolute atomic E-state index is 12.0. The van der Waals surface area contributed by atoms with E-state index >= 15 is 0 Å². The molecule has 0 aliphatic heterocycles. The van der Waals surface area contributed by atoms with Crippen LogP contribution in [0.15, 0.2) is 36.7 Å². The third kappa shape index (κ3) is 3.66. The Morgan fingerprint density at radius 3 is 2.65 bits per heavy atom. The fraction of sp³-hybridized carbons (Fsp3) is 0.231. The smallest absolute Gasteiger partial charge is 0.216 e. The van der Waals surface area contributed by atoms with Crippen LogP contribution in [0, 0.1) is 11.3 Å². The van der Waals surface area contributed by atoms with Crippen molar-refractivity contribution < 1.29 is 8.42 Å². The average molecular weight is 290 g/mol. The van der Waals surface area contributed by atoms with E-state index in [2.05, 4.69) is 14.7 Å². The lowest BCUT2D eigenvalue weighted by molar-refractivity contribution is 0.560. The molecule has 0 aliphatic rings. The van der Waals surface area contributed by atoms with Crippen LogP contribution in [0.4, 0.5) is 0 Å². The molecule has 1 heterocycles. The number of hydrogen-bond acceptors (Lipinski definition) is 4. The molecule has 0 saturated carbocycles. The summed E-state index contributed by atoms with van der Waals surface area (Å²) in [5, 5.41) is 8.69. The number of H-pyrrole nitrogens is 1. The summed E-state index contributed by atoms with van der Waals surface area (Å²) in [6.07, 6.45) is 3.21. The van der Waals surface area contributed by atoms with Crippen molar-refractivity contribution in [2.45, 2.75) is 18.7 Å². The Morgan fingerprint density at radius 2 is 2.10 bits per heavy atom. The predicted molar refractivity (Wildman–Crippen MR) is 73.9 cm³/mol. The molecular formula is C13H14N4O2S. The number of aromatic amines is 1. The third-order valence-corrected chi connectivity index (χ3v) is 4.15. The molecule has 0 saturated heterocycles. The Bertz CT molecular complexity index is 700. The zero-order valence-electron chi connectivity index (χ0n) is 10.9. The second-order valence-corrected chi connectivity index (χ2v) is 6.14. The minimum Gasteiger partial charge on any atom is -0.347 e. The number of imidazole rings is 1. The largest absolute Gasteiger partial charge is 0.347 e.